The molecule has 0 spiro atoms. The number of rotatable bonds is 4. The Hall–Kier alpha value is -0.640. The van der Waals surface area contributed by atoms with Gasteiger partial charge in [0.15, 0.2) is 0 Å². The summed E-state index contributed by atoms with van der Waals surface area (Å²) in [5.74, 6) is 0. The number of anilines is 1. The Morgan fingerprint density at radius 1 is 1.20 bits per heavy atom. The molecule has 0 aliphatic carbocycles. The highest BCUT2D eigenvalue weighted by Gasteiger charge is 2.18. The summed E-state index contributed by atoms with van der Waals surface area (Å²) in [6.45, 7) is 0.364. The van der Waals surface area contributed by atoms with Crippen molar-refractivity contribution < 1.29 is 8.42 Å². The van der Waals surface area contributed by atoms with Crippen molar-refractivity contribution in [3.63, 3.8) is 0 Å². The van der Waals surface area contributed by atoms with Crippen LogP contribution in [0.1, 0.15) is 5.56 Å². The Bertz CT molecular complexity index is 735. The van der Waals surface area contributed by atoms with Crippen molar-refractivity contribution in [2.45, 2.75) is 11.4 Å². The van der Waals surface area contributed by atoms with E-state index in [0.29, 0.717) is 16.7 Å². The van der Waals surface area contributed by atoms with E-state index in [0.717, 1.165) is 9.13 Å². The number of nitrogens with two attached hydrogens (primary N) is 1. The monoisotopic (exact) mass is 466 g/mol. The first-order chi connectivity index (χ1) is 9.44. The van der Waals surface area contributed by atoms with Crippen molar-refractivity contribution >= 4 is 54.2 Å². The van der Waals surface area contributed by atoms with Crippen molar-refractivity contribution in [2.75, 3.05) is 4.72 Å². The second-order valence-corrected chi connectivity index (χ2v) is 7.72. The highest BCUT2D eigenvalue weighted by molar-refractivity contribution is 14.1. The molecule has 2 aromatic carbocycles. The van der Waals surface area contributed by atoms with Crippen molar-refractivity contribution in [1.82, 2.24) is 0 Å². The van der Waals surface area contributed by atoms with E-state index >= 15 is 0 Å². The molecule has 0 aromatic heterocycles. The third-order valence-corrected chi connectivity index (χ3v) is 5.92. The lowest BCUT2D eigenvalue weighted by Crippen LogP contribution is -2.14. The van der Waals surface area contributed by atoms with Crippen molar-refractivity contribution in [3.05, 3.63) is 56.1 Å². The van der Waals surface area contributed by atoms with E-state index in [-0.39, 0.29) is 4.90 Å². The average molecular weight is 467 g/mol. The molecular weight excluding hydrogens is 455 g/mol. The molecule has 0 atom stereocenters. The van der Waals surface area contributed by atoms with Gasteiger partial charge in [-0.05, 0) is 68.3 Å². The Labute approximate surface area is 140 Å². The predicted molar refractivity (Wildman–Crippen MR) is 92.0 cm³/mol. The minimum atomic E-state index is -3.63. The number of hydrogen-bond acceptors (Lipinski definition) is 3. The van der Waals surface area contributed by atoms with Gasteiger partial charge in [-0.15, -0.1) is 0 Å². The van der Waals surface area contributed by atoms with Crippen LogP contribution in [0.5, 0.6) is 0 Å². The summed E-state index contributed by atoms with van der Waals surface area (Å²) in [7, 11) is -3.63. The third-order valence-electron chi connectivity index (χ3n) is 2.64. The molecule has 3 N–H and O–H groups in total. The number of para-hydroxylation sites is 1. The fraction of sp³-hybridized carbons (Fsp3) is 0.0769. The second kappa shape index (κ2) is 6.42. The largest absolute Gasteiger partial charge is 0.326 e. The van der Waals surface area contributed by atoms with E-state index in [4.69, 9.17) is 5.73 Å². The van der Waals surface area contributed by atoms with Crippen molar-refractivity contribution in [2.24, 2.45) is 5.73 Å². The standard InChI is InChI=1S/C13H12BrIN2O2S/c14-10-7-9(8-16)5-6-13(10)20(18,19)17-12-4-2-1-3-11(12)15/h1-7,17H,8,16H2. The topological polar surface area (TPSA) is 72.2 Å². The van der Waals surface area contributed by atoms with Gasteiger partial charge in [-0.1, -0.05) is 18.2 Å². The fourth-order valence-corrected chi connectivity index (χ4v) is 4.54. The molecule has 0 amide bonds. The highest BCUT2D eigenvalue weighted by atomic mass is 127. The SMILES string of the molecule is NCc1ccc(S(=O)(=O)Nc2ccccc2I)c(Br)c1. The van der Waals surface area contributed by atoms with Gasteiger partial charge >= 0.3 is 0 Å². The van der Waals surface area contributed by atoms with Gasteiger partial charge in [0.05, 0.1) is 5.69 Å². The number of halogens is 2. The molecule has 2 aromatic rings. The first-order valence-corrected chi connectivity index (χ1v) is 9.05. The molecular formula is C13H12BrIN2O2S. The average Bonchev–Trinajstić information content (AvgIpc) is 2.40. The lowest BCUT2D eigenvalue weighted by atomic mass is 10.2. The van der Waals surface area contributed by atoms with E-state index in [1.807, 2.05) is 12.1 Å². The van der Waals surface area contributed by atoms with Gasteiger partial charge < -0.3 is 5.73 Å². The first-order valence-electron chi connectivity index (χ1n) is 5.70. The summed E-state index contributed by atoms with van der Waals surface area (Å²) in [6.07, 6.45) is 0. The number of sulfonamides is 1. The summed E-state index contributed by atoms with van der Waals surface area (Å²) >= 11 is 5.36. The van der Waals surface area contributed by atoms with Crippen molar-refractivity contribution in [1.29, 1.82) is 0 Å². The van der Waals surface area contributed by atoms with E-state index in [2.05, 4.69) is 43.2 Å². The van der Waals surface area contributed by atoms with E-state index in [1.165, 1.54) is 0 Å². The molecule has 0 unspecified atom stereocenters. The smallest absolute Gasteiger partial charge is 0.263 e. The lowest BCUT2D eigenvalue weighted by Gasteiger charge is -2.11. The molecule has 4 nitrogen and oxygen atoms in total. The minimum absolute atomic E-state index is 0.189. The lowest BCUT2D eigenvalue weighted by molar-refractivity contribution is 0.600. The van der Waals surface area contributed by atoms with E-state index in [1.54, 1.807) is 30.3 Å². The quantitative estimate of drug-likeness (QED) is 0.679. The van der Waals surface area contributed by atoms with Crippen molar-refractivity contribution in [3.8, 4) is 0 Å². The minimum Gasteiger partial charge on any atom is -0.326 e. The molecule has 0 bridgehead atoms. The van der Waals surface area contributed by atoms with E-state index < -0.39 is 10.0 Å². The van der Waals surface area contributed by atoms with Gasteiger partial charge in [0.2, 0.25) is 0 Å². The molecule has 0 aliphatic rings. The number of nitrogens with one attached hydrogen (secondary N) is 1. The van der Waals surface area contributed by atoms with E-state index in [9.17, 15) is 8.42 Å². The molecule has 7 heteroatoms. The zero-order valence-corrected chi connectivity index (χ0v) is 14.9. The summed E-state index contributed by atoms with van der Waals surface area (Å²) < 4.78 is 28.7. The van der Waals surface area contributed by atoms with Crippen LogP contribution in [0.15, 0.2) is 51.8 Å². The van der Waals surface area contributed by atoms with Gasteiger partial charge in [-0.3, -0.25) is 4.72 Å². The summed E-state index contributed by atoms with van der Waals surface area (Å²) in [4.78, 5) is 0.189. The summed E-state index contributed by atoms with van der Waals surface area (Å²) in [6, 6.07) is 12.2. The van der Waals surface area contributed by atoms with Gasteiger partial charge in [-0.2, -0.15) is 0 Å². The Morgan fingerprint density at radius 3 is 2.50 bits per heavy atom. The van der Waals surface area contributed by atoms with Gasteiger partial charge in [0, 0.05) is 14.6 Å². The Balaban J connectivity index is 2.39. The first kappa shape index (κ1) is 15.7. The van der Waals surface area contributed by atoms with Crippen LogP contribution in [0, 0.1) is 3.57 Å². The Morgan fingerprint density at radius 2 is 1.90 bits per heavy atom. The zero-order valence-electron chi connectivity index (χ0n) is 10.3. The molecule has 0 fully saturated rings. The van der Waals surface area contributed by atoms with Gasteiger partial charge in [-0.25, -0.2) is 8.42 Å². The van der Waals surface area contributed by atoms with Crippen LogP contribution >= 0.6 is 38.5 Å². The van der Waals surface area contributed by atoms with Crippen LogP contribution in [-0.2, 0) is 16.6 Å². The van der Waals surface area contributed by atoms with Crippen LogP contribution in [0.3, 0.4) is 0 Å². The van der Waals surface area contributed by atoms with Crippen LogP contribution in [0.25, 0.3) is 0 Å². The molecule has 20 heavy (non-hydrogen) atoms. The molecule has 106 valence electrons. The zero-order chi connectivity index (χ0) is 14.8. The predicted octanol–water partition coefficient (Wildman–Crippen LogP) is 3.31. The maximum atomic E-state index is 12.4. The Kier molecular flexibility index (Phi) is 5.05. The molecule has 0 heterocycles. The molecule has 0 radical (unpaired) electrons. The second-order valence-electron chi connectivity index (χ2n) is 4.05. The maximum Gasteiger partial charge on any atom is 0.263 e. The van der Waals surface area contributed by atoms with Crippen LogP contribution in [-0.4, -0.2) is 8.42 Å². The number of hydrogen-bond donors (Lipinski definition) is 2. The molecule has 0 saturated carbocycles. The summed E-state index contributed by atoms with van der Waals surface area (Å²) in [5.41, 5.74) is 6.96. The van der Waals surface area contributed by atoms with Crippen LogP contribution < -0.4 is 10.5 Å². The highest BCUT2D eigenvalue weighted by Crippen LogP contribution is 2.27. The summed E-state index contributed by atoms with van der Waals surface area (Å²) in [5, 5.41) is 0. The van der Waals surface area contributed by atoms with Gasteiger partial charge in [0.1, 0.15) is 4.90 Å². The maximum absolute atomic E-state index is 12.4. The molecule has 0 aliphatic heterocycles. The molecule has 2 rings (SSSR count). The normalized spacial score (nSPS) is 11.3. The van der Waals surface area contributed by atoms with Gasteiger partial charge in [0.25, 0.3) is 10.0 Å². The molecule has 0 saturated heterocycles. The van der Waals surface area contributed by atoms with Crippen LogP contribution in [0.4, 0.5) is 5.69 Å². The third kappa shape index (κ3) is 3.51. The number of benzene rings is 2. The fourth-order valence-electron chi connectivity index (χ4n) is 1.63. The van der Waals surface area contributed by atoms with Crippen LogP contribution in [0.2, 0.25) is 0 Å².